The van der Waals surface area contributed by atoms with Gasteiger partial charge in [-0.05, 0) is 12.8 Å². The van der Waals surface area contributed by atoms with Crippen molar-refractivity contribution >= 4 is 5.82 Å². The lowest BCUT2D eigenvalue weighted by molar-refractivity contribution is 0.650. The molecule has 0 aliphatic rings. The molecule has 1 aromatic rings. The quantitative estimate of drug-likeness (QED) is 0.784. The molecule has 3 heteroatoms. The van der Waals surface area contributed by atoms with Gasteiger partial charge in [-0.3, -0.25) is 0 Å². The van der Waals surface area contributed by atoms with Gasteiger partial charge in [0, 0.05) is 13.0 Å². The van der Waals surface area contributed by atoms with Gasteiger partial charge in [0.05, 0.1) is 5.69 Å². The summed E-state index contributed by atoms with van der Waals surface area (Å²) in [6.45, 7) is 7.44. The Morgan fingerprint density at radius 2 is 1.93 bits per heavy atom. The number of nitrogens with zero attached hydrogens (tertiary/aromatic N) is 2. The standard InChI is InChI=1S/C11H21N3/c1-4-7-9-11(12)14(8-5-2)10(6-3)13-9/h4-8,12H2,1-3H3. The van der Waals surface area contributed by atoms with Crippen molar-refractivity contribution in [3.05, 3.63) is 11.5 Å². The first kappa shape index (κ1) is 11.1. The van der Waals surface area contributed by atoms with E-state index in [1.54, 1.807) is 0 Å². The number of aryl methyl sites for hydroxylation is 2. The van der Waals surface area contributed by atoms with Crippen LogP contribution in [0, 0.1) is 0 Å². The Hall–Kier alpha value is -0.990. The molecule has 0 bridgehead atoms. The Balaban J connectivity index is 2.98. The summed E-state index contributed by atoms with van der Waals surface area (Å²) in [5.41, 5.74) is 7.13. The second kappa shape index (κ2) is 5.03. The van der Waals surface area contributed by atoms with Crippen molar-refractivity contribution in [2.45, 2.75) is 53.0 Å². The average Bonchev–Trinajstić information content (AvgIpc) is 2.47. The molecule has 14 heavy (non-hydrogen) atoms. The lowest BCUT2D eigenvalue weighted by Gasteiger charge is -2.06. The van der Waals surface area contributed by atoms with Gasteiger partial charge >= 0.3 is 0 Å². The smallest absolute Gasteiger partial charge is 0.126 e. The van der Waals surface area contributed by atoms with Crippen LogP contribution in [0.3, 0.4) is 0 Å². The van der Waals surface area contributed by atoms with E-state index in [9.17, 15) is 0 Å². The van der Waals surface area contributed by atoms with E-state index in [1.807, 2.05) is 0 Å². The Morgan fingerprint density at radius 1 is 1.21 bits per heavy atom. The van der Waals surface area contributed by atoms with Gasteiger partial charge in [-0.1, -0.05) is 27.2 Å². The van der Waals surface area contributed by atoms with Crippen LogP contribution in [0.15, 0.2) is 0 Å². The molecule has 0 radical (unpaired) electrons. The number of aromatic nitrogens is 2. The molecule has 1 rings (SSSR count). The summed E-state index contributed by atoms with van der Waals surface area (Å²) < 4.78 is 2.16. The molecule has 1 heterocycles. The first-order chi connectivity index (χ1) is 6.74. The van der Waals surface area contributed by atoms with Crippen LogP contribution >= 0.6 is 0 Å². The summed E-state index contributed by atoms with van der Waals surface area (Å²) >= 11 is 0. The molecule has 2 N–H and O–H groups in total. The minimum Gasteiger partial charge on any atom is -0.384 e. The van der Waals surface area contributed by atoms with Crippen molar-refractivity contribution in [1.29, 1.82) is 0 Å². The van der Waals surface area contributed by atoms with Gasteiger partial charge in [-0.2, -0.15) is 0 Å². The van der Waals surface area contributed by atoms with Crippen LogP contribution in [0.2, 0.25) is 0 Å². The predicted octanol–water partition coefficient (Wildman–Crippen LogP) is 2.39. The molecule has 0 saturated carbocycles. The fraction of sp³-hybridized carbons (Fsp3) is 0.727. The van der Waals surface area contributed by atoms with Crippen LogP contribution in [-0.4, -0.2) is 9.55 Å². The molecule has 0 aromatic carbocycles. The maximum absolute atomic E-state index is 6.05. The van der Waals surface area contributed by atoms with Crippen molar-refractivity contribution in [2.75, 3.05) is 5.73 Å². The Bertz CT molecular complexity index is 289. The van der Waals surface area contributed by atoms with Crippen LogP contribution in [0.25, 0.3) is 0 Å². The molecule has 0 unspecified atom stereocenters. The third kappa shape index (κ3) is 2.08. The SMILES string of the molecule is CCCc1nc(CC)n(CCC)c1N. The van der Waals surface area contributed by atoms with Crippen molar-refractivity contribution < 1.29 is 0 Å². The van der Waals surface area contributed by atoms with Gasteiger partial charge in [0.25, 0.3) is 0 Å². The third-order valence-corrected chi connectivity index (χ3v) is 2.41. The van der Waals surface area contributed by atoms with Gasteiger partial charge in [-0.15, -0.1) is 0 Å². The van der Waals surface area contributed by atoms with Gasteiger partial charge in [0.1, 0.15) is 11.6 Å². The minimum absolute atomic E-state index is 0.880. The molecule has 80 valence electrons. The van der Waals surface area contributed by atoms with Gasteiger partial charge in [-0.25, -0.2) is 4.98 Å². The predicted molar refractivity (Wildman–Crippen MR) is 60.3 cm³/mol. The Kier molecular flexibility index (Phi) is 3.98. The highest BCUT2D eigenvalue weighted by Gasteiger charge is 2.11. The Labute approximate surface area is 86.3 Å². The highest BCUT2D eigenvalue weighted by atomic mass is 15.1. The molecular formula is C11H21N3. The molecule has 0 atom stereocenters. The zero-order chi connectivity index (χ0) is 10.6. The molecule has 0 aliphatic carbocycles. The fourth-order valence-electron chi connectivity index (χ4n) is 1.73. The molecular weight excluding hydrogens is 174 g/mol. The summed E-state index contributed by atoms with van der Waals surface area (Å²) in [7, 11) is 0. The normalized spacial score (nSPS) is 10.8. The molecule has 0 amide bonds. The number of nitrogens with two attached hydrogens (primary N) is 1. The topological polar surface area (TPSA) is 43.8 Å². The fourth-order valence-corrected chi connectivity index (χ4v) is 1.73. The van der Waals surface area contributed by atoms with Crippen LogP contribution < -0.4 is 5.73 Å². The summed E-state index contributed by atoms with van der Waals surface area (Å²) in [5, 5.41) is 0. The lowest BCUT2D eigenvalue weighted by atomic mass is 10.2. The van der Waals surface area contributed by atoms with E-state index in [2.05, 4.69) is 30.3 Å². The first-order valence-corrected chi connectivity index (χ1v) is 5.58. The van der Waals surface area contributed by atoms with E-state index in [4.69, 9.17) is 5.73 Å². The Morgan fingerprint density at radius 3 is 2.43 bits per heavy atom. The molecule has 1 aromatic heterocycles. The second-order valence-electron chi connectivity index (χ2n) is 3.62. The van der Waals surface area contributed by atoms with Crippen molar-refractivity contribution in [2.24, 2.45) is 0 Å². The van der Waals surface area contributed by atoms with Crippen molar-refractivity contribution in [3.63, 3.8) is 0 Å². The highest BCUT2D eigenvalue weighted by Crippen LogP contribution is 2.17. The van der Waals surface area contributed by atoms with Crippen LogP contribution in [-0.2, 0) is 19.4 Å². The van der Waals surface area contributed by atoms with Crippen LogP contribution in [0.4, 0.5) is 5.82 Å². The summed E-state index contributed by atoms with van der Waals surface area (Å²) in [4.78, 5) is 4.57. The highest BCUT2D eigenvalue weighted by molar-refractivity contribution is 5.38. The molecule has 0 aliphatic heterocycles. The molecule has 0 spiro atoms. The van der Waals surface area contributed by atoms with Gasteiger partial charge in [0.15, 0.2) is 0 Å². The molecule has 3 nitrogen and oxygen atoms in total. The summed E-state index contributed by atoms with van der Waals surface area (Å²) in [6, 6.07) is 0. The second-order valence-corrected chi connectivity index (χ2v) is 3.62. The zero-order valence-electron chi connectivity index (χ0n) is 9.51. The van der Waals surface area contributed by atoms with Gasteiger partial charge in [0.2, 0.25) is 0 Å². The molecule has 0 saturated heterocycles. The van der Waals surface area contributed by atoms with Crippen LogP contribution in [0.1, 0.15) is 45.1 Å². The minimum atomic E-state index is 0.880. The van der Waals surface area contributed by atoms with E-state index >= 15 is 0 Å². The van der Waals surface area contributed by atoms with E-state index in [1.165, 1.54) is 0 Å². The number of hydrogen-bond acceptors (Lipinski definition) is 2. The van der Waals surface area contributed by atoms with E-state index in [-0.39, 0.29) is 0 Å². The maximum atomic E-state index is 6.05. The molecule has 0 fully saturated rings. The number of rotatable bonds is 5. The number of nitrogen functional groups attached to an aromatic ring is 1. The van der Waals surface area contributed by atoms with Crippen molar-refractivity contribution in [3.8, 4) is 0 Å². The van der Waals surface area contributed by atoms with E-state index < -0.39 is 0 Å². The van der Waals surface area contributed by atoms with Crippen molar-refractivity contribution in [1.82, 2.24) is 9.55 Å². The summed E-state index contributed by atoms with van der Waals surface area (Å²) in [5.74, 6) is 2.01. The third-order valence-electron chi connectivity index (χ3n) is 2.41. The average molecular weight is 195 g/mol. The van der Waals surface area contributed by atoms with Crippen LogP contribution in [0.5, 0.6) is 0 Å². The first-order valence-electron chi connectivity index (χ1n) is 5.58. The van der Waals surface area contributed by atoms with Gasteiger partial charge < -0.3 is 10.3 Å². The largest absolute Gasteiger partial charge is 0.384 e. The zero-order valence-corrected chi connectivity index (χ0v) is 9.51. The monoisotopic (exact) mass is 195 g/mol. The number of hydrogen-bond donors (Lipinski definition) is 1. The van der Waals surface area contributed by atoms with E-state index in [0.29, 0.717) is 0 Å². The summed E-state index contributed by atoms with van der Waals surface area (Å²) in [6.07, 6.45) is 4.18. The number of imidazole rings is 1. The number of anilines is 1. The maximum Gasteiger partial charge on any atom is 0.126 e. The van der Waals surface area contributed by atoms with E-state index in [0.717, 1.165) is 49.6 Å². The lowest BCUT2D eigenvalue weighted by Crippen LogP contribution is -2.06.